The molecule has 0 spiro atoms. The molecular weight excluding hydrogens is 397 g/mol. The van der Waals surface area contributed by atoms with Crippen LogP contribution in [-0.4, -0.2) is 22.7 Å². The third kappa shape index (κ3) is 5.14. The molecule has 1 amide bonds. The van der Waals surface area contributed by atoms with Crippen LogP contribution in [0, 0.1) is 19.7 Å². The maximum atomic E-state index is 13.1. The van der Waals surface area contributed by atoms with Crippen LogP contribution in [0.25, 0.3) is 22.8 Å². The van der Waals surface area contributed by atoms with Crippen molar-refractivity contribution in [2.45, 2.75) is 13.8 Å². The number of aryl methyl sites for hydroxylation is 2. The average Bonchev–Trinajstić information content (AvgIpc) is 3.23. The molecule has 6 nitrogen and oxygen atoms in total. The van der Waals surface area contributed by atoms with E-state index >= 15 is 0 Å². The first-order valence-corrected chi connectivity index (χ1v) is 9.67. The molecule has 0 atom stereocenters. The highest BCUT2D eigenvalue weighted by Crippen LogP contribution is 2.24. The molecule has 1 N–H and O–H groups in total. The van der Waals surface area contributed by atoms with Crippen molar-refractivity contribution in [1.82, 2.24) is 10.1 Å². The van der Waals surface area contributed by atoms with Gasteiger partial charge in [-0.2, -0.15) is 4.98 Å². The summed E-state index contributed by atoms with van der Waals surface area (Å²) in [5.41, 5.74) is 4.13. The molecule has 0 radical (unpaired) electrons. The molecule has 0 aliphatic carbocycles. The lowest BCUT2D eigenvalue weighted by Crippen LogP contribution is -2.20. The maximum absolute atomic E-state index is 13.1. The summed E-state index contributed by atoms with van der Waals surface area (Å²) in [6.07, 6.45) is 0. The number of carbonyl (C=O) groups is 1. The van der Waals surface area contributed by atoms with E-state index in [4.69, 9.17) is 9.26 Å². The Bertz CT molecular complexity index is 1180. The second-order valence-corrected chi connectivity index (χ2v) is 7.17. The summed E-state index contributed by atoms with van der Waals surface area (Å²) < 4.78 is 23.9. The Kier molecular flexibility index (Phi) is 5.75. The van der Waals surface area contributed by atoms with Crippen molar-refractivity contribution in [3.63, 3.8) is 0 Å². The van der Waals surface area contributed by atoms with E-state index in [9.17, 15) is 9.18 Å². The van der Waals surface area contributed by atoms with E-state index in [1.54, 1.807) is 36.4 Å². The molecule has 3 aromatic carbocycles. The van der Waals surface area contributed by atoms with Crippen LogP contribution in [-0.2, 0) is 4.79 Å². The zero-order valence-electron chi connectivity index (χ0n) is 17.1. The number of aromatic nitrogens is 2. The molecule has 4 aromatic rings. The molecule has 31 heavy (non-hydrogen) atoms. The number of hydrogen-bond acceptors (Lipinski definition) is 5. The van der Waals surface area contributed by atoms with Gasteiger partial charge >= 0.3 is 0 Å². The zero-order chi connectivity index (χ0) is 21.8. The van der Waals surface area contributed by atoms with Crippen LogP contribution in [0.2, 0.25) is 0 Å². The highest BCUT2D eigenvalue weighted by molar-refractivity contribution is 5.92. The molecule has 0 saturated heterocycles. The van der Waals surface area contributed by atoms with Crippen molar-refractivity contribution >= 4 is 11.6 Å². The number of nitrogens with zero attached hydrogens (tertiary/aromatic N) is 2. The number of ether oxygens (including phenoxy) is 1. The Morgan fingerprint density at radius 1 is 0.968 bits per heavy atom. The average molecular weight is 417 g/mol. The van der Waals surface area contributed by atoms with Crippen LogP contribution in [0.1, 0.15) is 11.1 Å². The van der Waals surface area contributed by atoms with Gasteiger partial charge in [-0.3, -0.25) is 4.79 Å². The monoisotopic (exact) mass is 417 g/mol. The first kappa shape index (κ1) is 20.3. The van der Waals surface area contributed by atoms with Crippen molar-refractivity contribution in [2.24, 2.45) is 0 Å². The molecule has 0 fully saturated rings. The maximum Gasteiger partial charge on any atom is 0.262 e. The van der Waals surface area contributed by atoms with Crippen molar-refractivity contribution < 1.29 is 18.4 Å². The fourth-order valence-electron chi connectivity index (χ4n) is 3.12. The quantitative estimate of drug-likeness (QED) is 0.468. The number of benzene rings is 3. The third-order valence-electron chi connectivity index (χ3n) is 4.51. The summed E-state index contributed by atoms with van der Waals surface area (Å²) in [7, 11) is 0. The Morgan fingerprint density at radius 2 is 1.61 bits per heavy atom. The van der Waals surface area contributed by atoms with Gasteiger partial charge in [0, 0.05) is 16.8 Å². The SMILES string of the molecule is Cc1cc(C)cc(OCC(=O)Nc2ccc(-c3nc(-c4ccc(F)cc4)no3)cc2)c1. The largest absolute Gasteiger partial charge is 0.484 e. The smallest absolute Gasteiger partial charge is 0.262 e. The molecular formula is C24H20FN3O3. The number of amides is 1. The molecule has 0 aliphatic rings. The third-order valence-corrected chi connectivity index (χ3v) is 4.51. The van der Waals surface area contributed by atoms with Gasteiger partial charge < -0.3 is 14.6 Å². The van der Waals surface area contributed by atoms with E-state index in [0.29, 0.717) is 34.3 Å². The van der Waals surface area contributed by atoms with Gasteiger partial charge in [0.15, 0.2) is 6.61 Å². The van der Waals surface area contributed by atoms with Gasteiger partial charge in [-0.1, -0.05) is 11.2 Å². The zero-order valence-corrected chi connectivity index (χ0v) is 17.1. The molecule has 156 valence electrons. The minimum atomic E-state index is -0.329. The highest BCUT2D eigenvalue weighted by Gasteiger charge is 2.11. The molecule has 4 rings (SSSR count). The molecule has 0 saturated carbocycles. The van der Waals surface area contributed by atoms with Gasteiger partial charge in [0.05, 0.1) is 0 Å². The van der Waals surface area contributed by atoms with Crippen LogP contribution < -0.4 is 10.1 Å². The number of hydrogen-bond donors (Lipinski definition) is 1. The Hall–Kier alpha value is -4.00. The van der Waals surface area contributed by atoms with Crippen molar-refractivity contribution in [1.29, 1.82) is 0 Å². The highest BCUT2D eigenvalue weighted by atomic mass is 19.1. The Morgan fingerprint density at radius 3 is 2.29 bits per heavy atom. The van der Waals surface area contributed by atoms with Gasteiger partial charge in [0.2, 0.25) is 5.82 Å². The van der Waals surface area contributed by atoms with E-state index in [0.717, 1.165) is 11.1 Å². The molecule has 7 heteroatoms. The van der Waals surface area contributed by atoms with Crippen LogP contribution >= 0.6 is 0 Å². The lowest BCUT2D eigenvalue weighted by molar-refractivity contribution is -0.118. The van der Waals surface area contributed by atoms with E-state index in [1.165, 1.54) is 12.1 Å². The Labute approximate surface area is 178 Å². The van der Waals surface area contributed by atoms with E-state index in [1.807, 2.05) is 32.0 Å². The molecule has 0 aliphatic heterocycles. The molecule has 1 heterocycles. The summed E-state index contributed by atoms with van der Waals surface area (Å²) in [6, 6.07) is 18.7. The number of nitrogens with one attached hydrogen (secondary N) is 1. The number of rotatable bonds is 6. The summed E-state index contributed by atoms with van der Waals surface area (Å²) in [6.45, 7) is 3.87. The predicted octanol–water partition coefficient (Wildman–Crippen LogP) is 5.18. The minimum Gasteiger partial charge on any atom is -0.484 e. The van der Waals surface area contributed by atoms with Crippen LogP contribution in [0.3, 0.4) is 0 Å². The van der Waals surface area contributed by atoms with Gasteiger partial charge in [-0.15, -0.1) is 0 Å². The van der Waals surface area contributed by atoms with Gasteiger partial charge in [0.25, 0.3) is 11.8 Å². The first-order valence-electron chi connectivity index (χ1n) is 9.67. The fourth-order valence-corrected chi connectivity index (χ4v) is 3.12. The minimum absolute atomic E-state index is 0.0880. The van der Waals surface area contributed by atoms with E-state index < -0.39 is 0 Å². The number of anilines is 1. The van der Waals surface area contributed by atoms with Gasteiger partial charge in [0.1, 0.15) is 11.6 Å². The predicted molar refractivity (Wildman–Crippen MR) is 115 cm³/mol. The lowest BCUT2D eigenvalue weighted by atomic mass is 10.1. The van der Waals surface area contributed by atoms with Gasteiger partial charge in [-0.05, 0) is 85.6 Å². The molecule has 0 bridgehead atoms. The summed E-state index contributed by atoms with van der Waals surface area (Å²) >= 11 is 0. The second-order valence-electron chi connectivity index (χ2n) is 7.17. The van der Waals surface area contributed by atoms with Crippen molar-refractivity contribution in [2.75, 3.05) is 11.9 Å². The number of carbonyl (C=O) groups excluding carboxylic acids is 1. The lowest BCUT2D eigenvalue weighted by Gasteiger charge is -2.09. The first-order chi connectivity index (χ1) is 15.0. The van der Waals surface area contributed by atoms with E-state index in [2.05, 4.69) is 15.5 Å². The van der Waals surface area contributed by atoms with Crippen LogP contribution in [0.15, 0.2) is 71.3 Å². The number of halogens is 1. The second kappa shape index (κ2) is 8.79. The van der Waals surface area contributed by atoms with Crippen molar-refractivity contribution in [3.8, 4) is 28.6 Å². The molecule has 1 aromatic heterocycles. The normalized spacial score (nSPS) is 10.7. The molecule has 0 unspecified atom stereocenters. The fraction of sp³-hybridized carbons (Fsp3) is 0.125. The summed E-state index contributed by atoms with van der Waals surface area (Å²) in [5.74, 6) is 0.774. The summed E-state index contributed by atoms with van der Waals surface area (Å²) in [4.78, 5) is 16.5. The standard InChI is InChI=1S/C24H20FN3O3/c1-15-11-16(2)13-21(12-15)30-14-22(29)26-20-9-5-18(6-10-20)24-27-23(28-31-24)17-3-7-19(25)8-4-17/h3-13H,14H2,1-2H3,(H,26,29). The van der Waals surface area contributed by atoms with E-state index in [-0.39, 0.29) is 18.3 Å². The van der Waals surface area contributed by atoms with Crippen molar-refractivity contribution in [3.05, 3.63) is 83.7 Å². The van der Waals surface area contributed by atoms with Gasteiger partial charge in [-0.25, -0.2) is 4.39 Å². The van der Waals surface area contributed by atoms with Crippen LogP contribution in [0.4, 0.5) is 10.1 Å². The van der Waals surface area contributed by atoms with Crippen LogP contribution in [0.5, 0.6) is 5.75 Å². The summed E-state index contributed by atoms with van der Waals surface area (Å²) in [5, 5.41) is 6.72. The topological polar surface area (TPSA) is 77.2 Å². The Balaban J connectivity index is 1.37.